The predicted molar refractivity (Wildman–Crippen MR) is 96.5 cm³/mol. The average Bonchev–Trinajstić information content (AvgIpc) is 2.92. The van der Waals surface area contributed by atoms with Crippen molar-refractivity contribution in [1.29, 1.82) is 0 Å². The number of aromatic nitrogens is 4. The van der Waals surface area contributed by atoms with Crippen molar-refractivity contribution >= 4 is 22.8 Å². The van der Waals surface area contributed by atoms with Gasteiger partial charge in [-0.2, -0.15) is 4.98 Å². The van der Waals surface area contributed by atoms with Crippen LogP contribution in [0.25, 0.3) is 11.2 Å². The van der Waals surface area contributed by atoms with E-state index in [-0.39, 0.29) is 10.9 Å². The van der Waals surface area contributed by atoms with Crippen LogP contribution >= 0.6 is 11.6 Å². The van der Waals surface area contributed by atoms with Gasteiger partial charge < -0.3 is 9.30 Å². The molecule has 7 nitrogen and oxygen atoms in total. The molecule has 3 aromatic rings. The number of ether oxygens (including phenoxy) is 1. The molecule has 25 heavy (non-hydrogen) atoms. The lowest BCUT2D eigenvalue weighted by molar-refractivity contribution is 0.302. The van der Waals surface area contributed by atoms with Crippen LogP contribution < -0.4 is 16.0 Å². The molecule has 0 bridgehead atoms. The number of hydrogen-bond donors (Lipinski definition) is 0. The van der Waals surface area contributed by atoms with Crippen molar-refractivity contribution in [3.63, 3.8) is 0 Å². The fraction of sp³-hybridized carbons (Fsp3) is 0.353. The number of hydrogen-bond acceptors (Lipinski definition) is 4. The van der Waals surface area contributed by atoms with Gasteiger partial charge in [-0.05, 0) is 42.6 Å². The highest BCUT2D eigenvalue weighted by atomic mass is 35.5. The first kappa shape index (κ1) is 17.3. The maximum absolute atomic E-state index is 12.4. The van der Waals surface area contributed by atoms with Crippen LogP contribution in [-0.2, 0) is 20.6 Å². The Morgan fingerprint density at radius 2 is 1.96 bits per heavy atom. The number of imidazole rings is 1. The molecule has 1 aromatic carbocycles. The van der Waals surface area contributed by atoms with Crippen LogP contribution in [0.15, 0.2) is 33.9 Å². The predicted octanol–water partition coefficient (Wildman–Crippen LogP) is 1.86. The van der Waals surface area contributed by atoms with Crippen molar-refractivity contribution in [2.75, 3.05) is 6.61 Å². The molecule has 0 aliphatic rings. The highest BCUT2D eigenvalue weighted by Gasteiger charge is 2.17. The number of rotatable bonds is 5. The molecule has 0 aliphatic heterocycles. The zero-order valence-corrected chi connectivity index (χ0v) is 15.1. The Morgan fingerprint density at radius 3 is 2.68 bits per heavy atom. The van der Waals surface area contributed by atoms with Crippen molar-refractivity contribution in [2.24, 2.45) is 14.1 Å². The van der Waals surface area contributed by atoms with Crippen LogP contribution in [0, 0.1) is 6.92 Å². The SMILES string of the molecule is Cc1cccc(OCCCn2c(Cl)nc3c2c(=O)n(C)c(=O)n3C)c1. The molecule has 0 aliphatic carbocycles. The van der Waals surface area contributed by atoms with E-state index in [1.165, 1.54) is 11.6 Å². The lowest BCUT2D eigenvalue weighted by Crippen LogP contribution is -2.37. The van der Waals surface area contributed by atoms with Gasteiger partial charge in [-0.25, -0.2) is 4.79 Å². The first-order valence-electron chi connectivity index (χ1n) is 7.91. The minimum atomic E-state index is -0.429. The number of halogens is 1. The maximum Gasteiger partial charge on any atom is 0.332 e. The van der Waals surface area contributed by atoms with E-state index in [1.807, 2.05) is 31.2 Å². The molecule has 0 unspecified atom stereocenters. The van der Waals surface area contributed by atoms with Crippen molar-refractivity contribution in [3.8, 4) is 5.75 Å². The standard InChI is InChI=1S/C17H19ClN4O3/c1-11-6-4-7-12(10-11)25-9-5-8-22-13-14(19-16(22)18)20(2)17(24)21(3)15(13)23/h4,6-7,10H,5,8-9H2,1-3H3. The van der Waals surface area contributed by atoms with Crippen LogP contribution in [0.2, 0.25) is 5.28 Å². The summed E-state index contributed by atoms with van der Waals surface area (Å²) in [6, 6.07) is 7.81. The summed E-state index contributed by atoms with van der Waals surface area (Å²) in [4.78, 5) is 28.6. The quantitative estimate of drug-likeness (QED) is 0.513. The monoisotopic (exact) mass is 362 g/mol. The number of benzene rings is 1. The van der Waals surface area contributed by atoms with E-state index in [2.05, 4.69) is 4.98 Å². The molecule has 0 saturated heterocycles. The van der Waals surface area contributed by atoms with Gasteiger partial charge in [-0.1, -0.05) is 12.1 Å². The zero-order valence-electron chi connectivity index (χ0n) is 14.3. The third-order valence-electron chi connectivity index (χ3n) is 4.09. The Labute approximate surface area is 149 Å². The van der Waals surface area contributed by atoms with Gasteiger partial charge in [0.1, 0.15) is 5.75 Å². The minimum absolute atomic E-state index is 0.184. The molecule has 0 N–H and O–H groups in total. The van der Waals surface area contributed by atoms with E-state index in [1.54, 1.807) is 11.6 Å². The number of aryl methyl sites for hydroxylation is 3. The molecule has 0 fully saturated rings. The first-order chi connectivity index (χ1) is 11.9. The molecular formula is C17H19ClN4O3. The normalized spacial score (nSPS) is 11.2. The summed E-state index contributed by atoms with van der Waals surface area (Å²) in [6.07, 6.45) is 0.644. The second kappa shape index (κ2) is 6.76. The van der Waals surface area contributed by atoms with Crippen LogP contribution in [0.3, 0.4) is 0 Å². The molecule has 132 valence electrons. The molecule has 0 radical (unpaired) electrons. The van der Waals surface area contributed by atoms with Crippen LogP contribution in [0.1, 0.15) is 12.0 Å². The number of fused-ring (bicyclic) bond motifs is 1. The van der Waals surface area contributed by atoms with Gasteiger partial charge in [-0.15, -0.1) is 0 Å². The molecule has 2 aromatic heterocycles. The third kappa shape index (κ3) is 3.19. The van der Waals surface area contributed by atoms with Crippen LogP contribution in [0.5, 0.6) is 5.75 Å². The third-order valence-corrected chi connectivity index (χ3v) is 4.37. The smallest absolute Gasteiger partial charge is 0.332 e. The second-order valence-electron chi connectivity index (χ2n) is 5.93. The van der Waals surface area contributed by atoms with Crippen LogP contribution in [-0.4, -0.2) is 25.3 Å². The Kier molecular flexibility index (Phi) is 4.67. The zero-order chi connectivity index (χ0) is 18.1. The Morgan fingerprint density at radius 1 is 1.20 bits per heavy atom. The molecule has 0 amide bonds. The summed E-state index contributed by atoms with van der Waals surface area (Å²) in [7, 11) is 3.01. The maximum atomic E-state index is 12.4. The van der Waals surface area contributed by atoms with Gasteiger partial charge in [-0.3, -0.25) is 13.9 Å². The molecule has 3 rings (SSSR count). The topological polar surface area (TPSA) is 71.1 Å². The first-order valence-corrected chi connectivity index (χ1v) is 8.29. The van der Waals surface area contributed by atoms with Crippen LogP contribution in [0.4, 0.5) is 0 Å². The van der Waals surface area contributed by atoms with E-state index in [4.69, 9.17) is 16.3 Å². The summed E-state index contributed by atoms with van der Waals surface area (Å²) in [5.74, 6) is 0.805. The average molecular weight is 363 g/mol. The van der Waals surface area contributed by atoms with E-state index in [0.717, 1.165) is 15.9 Å². The second-order valence-corrected chi connectivity index (χ2v) is 6.27. The van der Waals surface area contributed by atoms with Gasteiger partial charge in [0.05, 0.1) is 6.61 Å². The van der Waals surface area contributed by atoms with Crippen molar-refractivity contribution in [2.45, 2.75) is 19.9 Å². The largest absolute Gasteiger partial charge is 0.494 e. The lowest BCUT2D eigenvalue weighted by atomic mass is 10.2. The molecule has 0 spiro atoms. The summed E-state index contributed by atoms with van der Waals surface area (Å²) in [6.45, 7) is 2.95. The Bertz CT molecular complexity index is 1050. The molecule has 0 atom stereocenters. The van der Waals surface area contributed by atoms with Crippen molar-refractivity contribution in [3.05, 3.63) is 56.0 Å². The van der Waals surface area contributed by atoms with Gasteiger partial charge >= 0.3 is 5.69 Å². The van der Waals surface area contributed by atoms with Gasteiger partial charge in [0.25, 0.3) is 5.56 Å². The fourth-order valence-corrected chi connectivity index (χ4v) is 2.99. The molecular weight excluding hydrogens is 344 g/mol. The highest BCUT2D eigenvalue weighted by molar-refractivity contribution is 6.29. The highest BCUT2D eigenvalue weighted by Crippen LogP contribution is 2.17. The van der Waals surface area contributed by atoms with Gasteiger partial charge in [0, 0.05) is 20.6 Å². The van der Waals surface area contributed by atoms with E-state index >= 15 is 0 Å². The fourth-order valence-electron chi connectivity index (χ4n) is 2.74. The number of nitrogens with zero attached hydrogens (tertiary/aromatic N) is 4. The minimum Gasteiger partial charge on any atom is -0.494 e. The van der Waals surface area contributed by atoms with Crippen molar-refractivity contribution in [1.82, 2.24) is 18.7 Å². The van der Waals surface area contributed by atoms with E-state index in [0.29, 0.717) is 25.1 Å². The molecule has 2 heterocycles. The van der Waals surface area contributed by atoms with E-state index in [9.17, 15) is 9.59 Å². The molecule has 8 heteroatoms. The van der Waals surface area contributed by atoms with Gasteiger partial charge in [0.2, 0.25) is 5.28 Å². The summed E-state index contributed by atoms with van der Waals surface area (Å²) < 4.78 is 9.72. The van der Waals surface area contributed by atoms with E-state index < -0.39 is 11.2 Å². The Hall–Kier alpha value is -2.54. The Balaban J connectivity index is 1.81. The summed E-state index contributed by atoms with van der Waals surface area (Å²) in [5, 5.41) is 0.184. The summed E-state index contributed by atoms with van der Waals surface area (Å²) >= 11 is 6.18. The molecule has 0 saturated carbocycles. The lowest BCUT2D eigenvalue weighted by Gasteiger charge is -2.09. The van der Waals surface area contributed by atoms with Gasteiger partial charge in [0.15, 0.2) is 11.2 Å². The summed E-state index contributed by atoms with van der Waals surface area (Å²) in [5.41, 5.74) is 0.909. The van der Waals surface area contributed by atoms with Crippen molar-refractivity contribution < 1.29 is 4.74 Å².